The summed E-state index contributed by atoms with van der Waals surface area (Å²) < 4.78 is 17.2. The molecule has 3 nitrogen and oxygen atoms in total. The van der Waals surface area contributed by atoms with Gasteiger partial charge in [0.15, 0.2) is 11.0 Å². The van der Waals surface area contributed by atoms with E-state index in [1.165, 1.54) is 12.1 Å². The number of halogens is 2. The van der Waals surface area contributed by atoms with Crippen molar-refractivity contribution in [2.24, 2.45) is 4.99 Å². The van der Waals surface area contributed by atoms with E-state index in [2.05, 4.69) is 9.41 Å². The van der Waals surface area contributed by atoms with Gasteiger partial charge < -0.3 is 4.42 Å². The van der Waals surface area contributed by atoms with E-state index in [-0.39, 0.29) is 11.0 Å². The third kappa shape index (κ3) is 1.90. The number of rotatable bonds is 2. The first-order valence-electron chi connectivity index (χ1n) is 2.70. The molecule has 5 heteroatoms. The van der Waals surface area contributed by atoms with Crippen molar-refractivity contribution in [1.29, 1.82) is 0 Å². The quantitative estimate of drug-likeness (QED) is 0.393. The summed E-state index contributed by atoms with van der Waals surface area (Å²) in [4.78, 5) is 12.4. The standard InChI is InChI=1S/C6H3ClFNO2/c7-5-2-1-4(11-5)6(8)9-3-10/h1-2,6H. The maximum absolute atomic E-state index is 12.6. The van der Waals surface area contributed by atoms with Gasteiger partial charge in [0.2, 0.25) is 6.08 Å². The molecule has 1 atom stereocenters. The maximum Gasteiger partial charge on any atom is 0.258 e. The van der Waals surface area contributed by atoms with Gasteiger partial charge in [-0.25, -0.2) is 9.18 Å². The number of aliphatic imine (C=N–C) groups is 1. The second-order valence-electron chi connectivity index (χ2n) is 1.70. The molecule has 1 unspecified atom stereocenters. The molecule has 0 N–H and O–H groups in total. The third-order valence-electron chi connectivity index (χ3n) is 0.995. The van der Waals surface area contributed by atoms with Crippen LogP contribution in [-0.2, 0) is 4.79 Å². The average Bonchev–Trinajstić information content (AvgIpc) is 2.36. The topological polar surface area (TPSA) is 42.6 Å². The molecule has 0 radical (unpaired) electrons. The van der Waals surface area contributed by atoms with E-state index in [4.69, 9.17) is 11.6 Å². The van der Waals surface area contributed by atoms with Crippen molar-refractivity contribution in [3.05, 3.63) is 23.1 Å². The van der Waals surface area contributed by atoms with E-state index in [0.29, 0.717) is 0 Å². The van der Waals surface area contributed by atoms with E-state index >= 15 is 0 Å². The largest absolute Gasteiger partial charge is 0.444 e. The van der Waals surface area contributed by atoms with Gasteiger partial charge >= 0.3 is 0 Å². The molecule has 0 aromatic carbocycles. The Labute approximate surface area is 66.5 Å². The number of alkyl halides is 1. The van der Waals surface area contributed by atoms with E-state index in [0.717, 1.165) is 6.08 Å². The second kappa shape index (κ2) is 3.32. The van der Waals surface area contributed by atoms with Crippen LogP contribution in [0, 0.1) is 0 Å². The van der Waals surface area contributed by atoms with Crippen LogP contribution >= 0.6 is 11.6 Å². The Morgan fingerprint density at radius 1 is 1.73 bits per heavy atom. The molecule has 0 saturated carbocycles. The second-order valence-corrected chi connectivity index (χ2v) is 2.07. The molecule has 1 heterocycles. The highest BCUT2D eigenvalue weighted by molar-refractivity contribution is 6.28. The molecule has 0 bridgehead atoms. The van der Waals surface area contributed by atoms with Crippen LogP contribution in [0.5, 0.6) is 0 Å². The number of furan rings is 1. The van der Waals surface area contributed by atoms with Gasteiger partial charge in [0.1, 0.15) is 0 Å². The molecule has 11 heavy (non-hydrogen) atoms. The highest BCUT2D eigenvalue weighted by Crippen LogP contribution is 2.22. The number of isocyanates is 1. The molecule has 58 valence electrons. The fourth-order valence-electron chi connectivity index (χ4n) is 0.566. The summed E-state index contributed by atoms with van der Waals surface area (Å²) in [6.07, 6.45) is -0.733. The lowest BCUT2D eigenvalue weighted by Crippen LogP contribution is -1.81. The first-order chi connectivity index (χ1) is 5.24. The van der Waals surface area contributed by atoms with Crippen molar-refractivity contribution in [1.82, 2.24) is 0 Å². The summed E-state index contributed by atoms with van der Waals surface area (Å²) in [6.45, 7) is 0. The van der Waals surface area contributed by atoms with Gasteiger partial charge in [0.05, 0.1) is 0 Å². The smallest absolute Gasteiger partial charge is 0.258 e. The van der Waals surface area contributed by atoms with Gasteiger partial charge in [-0.15, -0.1) is 0 Å². The minimum Gasteiger partial charge on any atom is -0.444 e. The van der Waals surface area contributed by atoms with Crippen LogP contribution in [0.15, 0.2) is 21.5 Å². The summed E-state index contributed by atoms with van der Waals surface area (Å²) in [6, 6.07) is 2.66. The summed E-state index contributed by atoms with van der Waals surface area (Å²) in [5.74, 6) is -0.0987. The minimum absolute atomic E-state index is 0.0590. The predicted molar refractivity (Wildman–Crippen MR) is 35.7 cm³/mol. The Hall–Kier alpha value is -1.12. The molecule has 1 rings (SSSR count). The van der Waals surface area contributed by atoms with Crippen LogP contribution in [0.2, 0.25) is 5.22 Å². The number of nitrogens with zero attached hydrogens (tertiary/aromatic N) is 1. The Bertz CT molecular complexity index is 293. The van der Waals surface area contributed by atoms with Crippen LogP contribution in [0.3, 0.4) is 0 Å². The molecule has 0 amide bonds. The maximum atomic E-state index is 12.6. The lowest BCUT2D eigenvalue weighted by molar-refractivity contribution is 0.297. The van der Waals surface area contributed by atoms with Crippen molar-refractivity contribution in [2.45, 2.75) is 6.30 Å². The van der Waals surface area contributed by atoms with Gasteiger partial charge in [-0.1, -0.05) is 0 Å². The molecule has 0 aliphatic rings. The monoisotopic (exact) mass is 175 g/mol. The van der Waals surface area contributed by atoms with E-state index in [1.54, 1.807) is 0 Å². The van der Waals surface area contributed by atoms with Crippen molar-refractivity contribution < 1.29 is 13.6 Å². The highest BCUT2D eigenvalue weighted by atomic mass is 35.5. The number of hydrogen-bond acceptors (Lipinski definition) is 3. The van der Waals surface area contributed by atoms with Crippen LogP contribution in [0.25, 0.3) is 0 Å². The van der Waals surface area contributed by atoms with Crippen LogP contribution < -0.4 is 0 Å². The average molecular weight is 176 g/mol. The number of carbonyl (C=O) groups excluding carboxylic acids is 1. The molecule has 0 fully saturated rings. The fraction of sp³-hybridized carbons (Fsp3) is 0.167. The summed E-state index contributed by atoms with van der Waals surface area (Å²) >= 11 is 5.33. The zero-order valence-electron chi connectivity index (χ0n) is 5.25. The number of hydrogen-bond donors (Lipinski definition) is 0. The van der Waals surface area contributed by atoms with Crippen molar-refractivity contribution >= 4 is 17.7 Å². The Kier molecular flexibility index (Phi) is 2.41. The molecule has 0 aliphatic heterocycles. The van der Waals surface area contributed by atoms with Crippen LogP contribution in [0.4, 0.5) is 4.39 Å². The normalized spacial score (nSPS) is 12.2. The molecule has 1 aromatic heterocycles. The zero-order valence-corrected chi connectivity index (χ0v) is 6.01. The molecule has 1 aromatic rings. The lowest BCUT2D eigenvalue weighted by atomic mass is 10.4. The van der Waals surface area contributed by atoms with Gasteiger partial charge in [0.25, 0.3) is 6.30 Å². The summed E-state index contributed by atoms with van der Waals surface area (Å²) in [5, 5.41) is 0.0590. The molecule has 0 aliphatic carbocycles. The Balaban J connectivity index is 2.84. The molecular formula is C6H3ClFNO2. The highest BCUT2D eigenvalue weighted by Gasteiger charge is 2.11. The lowest BCUT2D eigenvalue weighted by Gasteiger charge is -1.92. The Morgan fingerprint density at radius 3 is 2.91 bits per heavy atom. The van der Waals surface area contributed by atoms with Gasteiger partial charge in [-0.05, 0) is 23.7 Å². The first-order valence-corrected chi connectivity index (χ1v) is 3.08. The first kappa shape index (κ1) is 7.98. The van der Waals surface area contributed by atoms with Crippen molar-refractivity contribution in [3.63, 3.8) is 0 Å². The van der Waals surface area contributed by atoms with Gasteiger partial charge in [0, 0.05) is 0 Å². The van der Waals surface area contributed by atoms with E-state index in [9.17, 15) is 9.18 Å². The van der Waals surface area contributed by atoms with Crippen molar-refractivity contribution in [3.8, 4) is 0 Å². The molecular weight excluding hydrogens is 173 g/mol. The van der Waals surface area contributed by atoms with Crippen LogP contribution in [0.1, 0.15) is 12.1 Å². The summed E-state index contributed by atoms with van der Waals surface area (Å²) in [5.41, 5.74) is 0. The molecule has 0 saturated heterocycles. The van der Waals surface area contributed by atoms with Gasteiger partial charge in [-0.3, -0.25) is 0 Å². The minimum atomic E-state index is -1.81. The molecule has 0 spiro atoms. The summed E-state index contributed by atoms with van der Waals surface area (Å²) in [7, 11) is 0. The fourth-order valence-corrected chi connectivity index (χ4v) is 0.718. The zero-order chi connectivity index (χ0) is 8.27. The van der Waals surface area contributed by atoms with Crippen molar-refractivity contribution in [2.75, 3.05) is 0 Å². The Morgan fingerprint density at radius 2 is 2.45 bits per heavy atom. The van der Waals surface area contributed by atoms with Gasteiger partial charge in [-0.2, -0.15) is 4.99 Å². The van der Waals surface area contributed by atoms with E-state index < -0.39 is 6.30 Å². The van der Waals surface area contributed by atoms with E-state index in [1.807, 2.05) is 0 Å². The predicted octanol–water partition coefficient (Wildman–Crippen LogP) is 2.24. The van der Waals surface area contributed by atoms with Crippen LogP contribution in [-0.4, -0.2) is 6.08 Å². The SMILES string of the molecule is O=C=NC(F)c1ccc(Cl)o1. The third-order valence-corrected chi connectivity index (χ3v) is 1.20.